The summed E-state index contributed by atoms with van der Waals surface area (Å²) in [4.78, 5) is 0. The molecule has 0 spiro atoms. The van der Waals surface area contributed by atoms with Gasteiger partial charge in [0.25, 0.3) is 0 Å². The Hall–Kier alpha value is 0. The Morgan fingerprint density at radius 1 is 0.909 bits per heavy atom. The Kier molecular flexibility index (Phi) is 1.74. The average Bonchev–Trinajstić information content (AvgIpc) is 2.87. The van der Waals surface area contributed by atoms with E-state index < -0.39 is 0 Å². The lowest BCUT2D eigenvalue weighted by atomic mass is 9.73. The lowest BCUT2D eigenvalue weighted by Crippen LogP contribution is -2.24. The Labute approximate surface area is 70.4 Å². The molecule has 0 unspecified atom stereocenters. The molecular weight excluding hydrogens is 132 g/mol. The van der Waals surface area contributed by atoms with Gasteiger partial charge in [0.15, 0.2) is 0 Å². The third-order valence-corrected chi connectivity index (χ3v) is 4.10. The molecule has 0 bridgehead atoms. The van der Waals surface area contributed by atoms with Crippen LogP contribution in [0.3, 0.4) is 0 Å². The first kappa shape index (κ1) is 7.64. The molecular formula is C11H20. The molecule has 0 aromatic rings. The second-order valence-electron chi connectivity index (χ2n) is 4.49. The first-order valence-corrected chi connectivity index (χ1v) is 5.33. The maximum atomic E-state index is 2.40. The monoisotopic (exact) mass is 152 g/mol. The second-order valence-corrected chi connectivity index (χ2v) is 4.49. The van der Waals surface area contributed by atoms with Crippen LogP contribution in [0.15, 0.2) is 0 Å². The lowest BCUT2D eigenvalue weighted by molar-refractivity contribution is 0.175. The molecule has 0 aromatic heterocycles. The summed E-state index contributed by atoms with van der Waals surface area (Å²) in [6.45, 7) is 4.81. The van der Waals surface area contributed by atoms with Crippen LogP contribution in [0.2, 0.25) is 0 Å². The van der Waals surface area contributed by atoms with Crippen LogP contribution in [-0.2, 0) is 0 Å². The molecule has 2 fully saturated rings. The van der Waals surface area contributed by atoms with E-state index in [0.29, 0.717) is 0 Å². The number of hydrogen-bond donors (Lipinski definition) is 0. The third-order valence-electron chi connectivity index (χ3n) is 4.10. The molecule has 2 saturated carbocycles. The highest BCUT2D eigenvalue weighted by atomic mass is 14.6. The van der Waals surface area contributed by atoms with E-state index in [4.69, 9.17) is 0 Å². The van der Waals surface area contributed by atoms with E-state index in [2.05, 4.69) is 13.8 Å². The fraction of sp³-hybridized carbons (Fsp3) is 1.00. The summed E-state index contributed by atoms with van der Waals surface area (Å²) in [7, 11) is 0. The molecule has 0 heteroatoms. The Morgan fingerprint density at radius 2 is 1.27 bits per heavy atom. The average molecular weight is 152 g/mol. The van der Waals surface area contributed by atoms with Crippen LogP contribution < -0.4 is 0 Å². The van der Waals surface area contributed by atoms with Crippen molar-refractivity contribution in [2.24, 2.45) is 17.3 Å². The van der Waals surface area contributed by atoms with Gasteiger partial charge >= 0.3 is 0 Å². The highest BCUT2D eigenvalue weighted by Crippen LogP contribution is 2.61. The van der Waals surface area contributed by atoms with Gasteiger partial charge in [-0.1, -0.05) is 13.8 Å². The van der Waals surface area contributed by atoms with Crippen LogP contribution in [0.25, 0.3) is 0 Å². The van der Waals surface area contributed by atoms with Crippen molar-refractivity contribution in [1.82, 2.24) is 0 Å². The predicted molar refractivity (Wildman–Crippen MR) is 48.5 cm³/mol. The van der Waals surface area contributed by atoms with Gasteiger partial charge in [-0.3, -0.25) is 0 Å². The van der Waals surface area contributed by atoms with Crippen molar-refractivity contribution < 1.29 is 0 Å². The zero-order valence-corrected chi connectivity index (χ0v) is 7.90. The van der Waals surface area contributed by atoms with Crippen LogP contribution in [-0.4, -0.2) is 0 Å². The maximum Gasteiger partial charge on any atom is -0.0246 e. The highest BCUT2D eigenvalue weighted by Gasteiger charge is 2.51. The molecule has 11 heavy (non-hydrogen) atoms. The molecule has 0 radical (unpaired) electrons. The zero-order chi connectivity index (χ0) is 7.90. The van der Waals surface area contributed by atoms with Gasteiger partial charge in [0, 0.05) is 0 Å². The van der Waals surface area contributed by atoms with Crippen LogP contribution in [0.4, 0.5) is 0 Å². The number of rotatable bonds is 4. The van der Waals surface area contributed by atoms with E-state index in [-0.39, 0.29) is 0 Å². The van der Waals surface area contributed by atoms with Crippen molar-refractivity contribution in [2.45, 2.75) is 52.4 Å². The van der Waals surface area contributed by atoms with Crippen molar-refractivity contribution in [3.05, 3.63) is 0 Å². The smallest absolute Gasteiger partial charge is 0.0246 e. The van der Waals surface area contributed by atoms with Crippen LogP contribution >= 0.6 is 0 Å². The first-order valence-electron chi connectivity index (χ1n) is 5.33. The topological polar surface area (TPSA) is 0 Å². The van der Waals surface area contributed by atoms with Crippen molar-refractivity contribution >= 4 is 0 Å². The van der Waals surface area contributed by atoms with Gasteiger partial charge in [-0.25, -0.2) is 0 Å². The minimum atomic E-state index is 0.806. The van der Waals surface area contributed by atoms with E-state index in [1.165, 1.54) is 38.5 Å². The Balaban J connectivity index is 2.07. The molecule has 0 N–H and O–H groups in total. The molecule has 2 rings (SSSR count). The van der Waals surface area contributed by atoms with Crippen molar-refractivity contribution in [2.75, 3.05) is 0 Å². The van der Waals surface area contributed by atoms with E-state index >= 15 is 0 Å². The van der Waals surface area contributed by atoms with Gasteiger partial charge in [-0.05, 0) is 55.8 Å². The molecule has 2 aliphatic rings. The highest BCUT2D eigenvalue weighted by molar-refractivity contribution is 5.01. The van der Waals surface area contributed by atoms with E-state index in [0.717, 1.165) is 17.3 Å². The third kappa shape index (κ3) is 1.11. The van der Waals surface area contributed by atoms with Gasteiger partial charge in [-0.2, -0.15) is 0 Å². The molecule has 0 heterocycles. The fourth-order valence-electron chi connectivity index (χ4n) is 3.05. The Morgan fingerprint density at radius 3 is 1.45 bits per heavy atom. The standard InChI is InChI=1S/C11H20/c1-3-11(4-2,9-5-6-9)10-7-8-10/h9-10H,3-8H2,1-2H3. The van der Waals surface area contributed by atoms with E-state index in [1.807, 2.05) is 0 Å². The molecule has 64 valence electrons. The maximum absolute atomic E-state index is 2.40. The van der Waals surface area contributed by atoms with E-state index in [9.17, 15) is 0 Å². The van der Waals surface area contributed by atoms with E-state index in [1.54, 1.807) is 0 Å². The minimum absolute atomic E-state index is 0.806. The summed E-state index contributed by atoms with van der Waals surface area (Å²) in [5.41, 5.74) is 0.806. The fourth-order valence-corrected chi connectivity index (χ4v) is 3.05. The first-order chi connectivity index (χ1) is 5.33. The molecule has 0 aliphatic heterocycles. The summed E-state index contributed by atoms with van der Waals surface area (Å²) >= 11 is 0. The van der Waals surface area contributed by atoms with Crippen LogP contribution in [0.1, 0.15) is 52.4 Å². The second kappa shape index (κ2) is 2.50. The van der Waals surface area contributed by atoms with Gasteiger partial charge in [0.05, 0.1) is 0 Å². The molecule has 0 atom stereocenters. The van der Waals surface area contributed by atoms with Gasteiger partial charge in [0.1, 0.15) is 0 Å². The molecule has 0 saturated heterocycles. The SMILES string of the molecule is CCC(CC)(C1CC1)C1CC1. The van der Waals surface area contributed by atoms with Gasteiger partial charge < -0.3 is 0 Å². The van der Waals surface area contributed by atoms with Crippen LogP contribution in [0.5, 0.6) is 0 Å². The van der Waals surface area contributed by atoms with Crippen molar-refractivity contribution in [3.63, 3.8) is 0 Å². The minimum Gasteiger partial charge on any atom is -0.0648 e. The quantitative estimate of drug-likeness (QED) is 0.577. The summed E-state index contributed by atoms with van der Waals surface area (Å²) in [6, 6.07) is 0. The molecule has 0 amide bonds. The van der Waals surface area contributed by atoms with Crippen molar-refractivity contribution in [3.8, 4) is 0 Å². The summed E-state index contributed by atoms with van der Waals surface area (Å²) in [5.74, 6) is 2.26. The molecule has 2 aliphatic carbocycles. The largest absolute Gasteiger partial charge is 0.0648 e. The van der Waals surface area contributed by atoms with Gasteiger partial charge in [0.2, 0.25) is 0 Å². The van der Waals surface area contributed by atoms with Crippen molar-refractivity contribution in [1.29, 1.82) is 0 Å². The lowest BCUT2D eigenvalue weighted by Gasteiger charge is -2.32. The zero-order valence-electron chi connectivity index (χ0n) is 7.90. The predicted octanol–water partition coefficient (Wildman–Crippen LogP) is 3.61. The van der Waals surface area contributed by atoms with Gasteiger partial charge in [-0.15, -0.1) is 0 Å². The molecule has 0 nitrogen and oxygen atoms in total. The summed E-state index contributed by atoms with van der Waals surface area (Å²) in [6.07, 6.45) is 9.05. The Bertz CT molecular complexity index is 122. The molecule has 0 aromatic carbocycles. The normalized spacial score (nSPS) is 25.6. The van der Waals surface area contributed by atoms with Crippen LogP contribution in [0, 0.1) is 17.3 Å². The summed E-state index contributed by atoms with van der Waals surface area (Å²) in [5, 5.41) is 0. The summed E-state index contributed by atoms with van der Waals surface area (Å²) < 4.78 is 0. The number of hydrogen-bond acceptors (Lipinski definition) is 0.